The lowest BCUT2D eigenvalue weighted by molar-refractivity contribution is -0.136. The van der Waals surface area contributed by atoms with Crippen LogP contribution in [0.5, 0.6) is 11.5 Å². The number of carbonyl (C=O) groups excluding carboxylic acids is 2. The Kier molecular flexibility index (Phi) is 7.73. The van der Waals surface area contributed by atoms with Crippen LogP contribution in [-0.4, -0.2) is 18.5 Å². The number of rotatable bonds is 8. The molecule has 0 spiro atoms. The van der Waals surface area contributed by atoms with Crippen LogP contribution < -0.4 is 14.8 Å². The van der Waals surface area contributed by atoms with Crippen LogP contribution in [0, 0.1) is 13.8 Å². The van der Waals surface area contributed by atoms with Crippen LogP contribution in [0.4, 0.5) is 5.69 Å². The number of aryl methyl sites for hydroxylation is 2. The molecule has 0 radical (unpaired) electrons. The molecule has 0 saturated heterocycles. The smallest absolute Gasteiger partial charge is 0.349 e. The average molecular weight is 494 g/mol. The lowest BCUT2D eigenvalue weighted by Crippen LogP contribution is -2.19. The third kappa shape index (κ3) is 6.44. The van der Waals surface area contributed by atoms with Gasteiger partial charge in [-0.1, -0.05) is 68.4 Å². The van der Waals surface area contributed by atoms with Gasteiger partial charge in [-0.05, 0) is 78.6 Å². The van der Waals surface area contributed by atoms with Gasteiger partial charge in [-0.2, -0.15) is 0 Å². The second kappa shape index (κ2) is 11.1. The van der Waals surface area contributed by atoms with Crippen molar-refractivity contribution in [1.82, 2.24) is 0 Å². The van der Waals surface area contributed by atoms with E-state index in [9.17, 15) is 9.59 Å². The number of carbonyl (C=O) groups is 2. The fourth-order valence-corrected chi connectivity index (χ4v) is 4.03. The van der Waals surface area contributed by atoms with E-state index in [4.69, 9.17) is 9.47 Å². The first-order valence-electron chi connectivity index (χ1n) is 12.2. The van der Waals surface area contributed by atoms with Crippen molar-refractivity contribution >= 4 is 17.6 Å². The fourth-order valence-electron chi connectivity index (χ4n) is 4.03. The SMILES string of the molecule is Cc1ccc(C)c(NC(=O)c2ccc(OC(=O)COc3ccc(C(C)(C)c4ccccc4)cc3)cc2)c1. The Morgan fingerprint density at radius 3 is 2.05 bits per heavy atom. The molecule has 4 aromatic carbocycles. The van der Waals surface area contributed by atoms with E-state index >= 15 is 0 Å². The first-order valence-corrected chi connectivity index (χ1v) is 12.2. The third-order valence-corrected chi connectivity index (χ3v) is 6.42. The molecule has 0 heterocycles. The molecule has 0 atom stereocenters. The molecule has 4 rings (SSSR count). The van der Waals surface area contributed by atoms with Crippen molar-refractivity contribution in [3.8, 4) is 11.5 Å². The minimum Gasteiger partial charge on any atom is -0.482 e. The summed E-state index contributed by atoms with van der Waals surface area (Å²) in [5, 5.41) is 2.92. The van der Waals surface area contributed by atoms with Crippen LogP contribution in [0.3, 0.4) is 0 Å². The summed E-state index contributed by atoms with van der Waals surface area (Å²) in [5.41, 5.74) is 5.51. The maximum absolute atomic E-state index is 12.6. The summed E-state index contributed by atoms with van der Waals surface area (Å²) < 4.78 is 11.0. The fraction of sp³-hybridized carbons (Fsp3) is 0.188. The maximum Gasteiger partial charge on any atom is 0.349 e. The van der Waals surface area contributed by atoms with E-state index in [1.165, 1.54) is 5.56 Å². The van der Waals surface area contributed by atoms with Crippen LogP contribution in [0.1, 0.15) is 46.5 Å². The first kappa shape index (κ1) is 25.7. The molecule has 5 nitrogen and oxygen atoms in total. The molecule has 0 saturated carbocycles. The molecular formula is C32H31NO4. The highest BCUT2D eigenvalue weighted by molar-refractivity contribution is 6.04. The molecule has 0 bridgehead atoms. The van der Waals surface area contributed by atoms with Gasteiger partial charge in [-0.15, -0.1) is 0 Å². The molecule has 0 aromatic heterocycles. The van der Waals surface area contributed by atoms with Gasteiger partial charge in [-0.3, -0.25) is 4.79 Å². The van der Waals surface area contributed by atoms with Gasteiger partial charge in [0.25, 0.3) is 5.91 Å². The Labute approximate surface area is 218 Å². The molecule has 1 amide bonds. The van der Waals surface area contributed by atoms with Crippen molar-refractivity contribution in [2.75, 3.05) is 11.9 Å². The third-order valence-electron chi connectivity index (χ3n) is 6.42. The van der Waals surface area contributed by atoms with Crippen LogP contribution in [0.2, 0.25) is 0 Å². The molecule has 0 fully saturated rings. The number of hydrogen-bond donors (Lipinski definition) is 1. The highest BCUT2D eigenvalue weighted by Crippen LogP contribution is 2.32. The van der Waals surface area contributed by atoms with Crippen molar-refractivity contribution in [1.29, 1.82) is 0 Å². The second-order valence-corrected chi connectivity index (χ2v) is 9.58. The topological polar surface area (TPSA) is 64.6 Å². The lowest BCUT2D eigenvalue weighted by Gasteiger charge is -2.26. The zero-order valence-electron chi connectivity index (χ0n) is 21.6. The second-order valence-electron chi connectivity index (χ2n) is 9.58. The Morgan fingerprint density at radius 1 is 0.757 bits per heavy atom. The van der Waals surface area contributed by atoms with Gasteiger partial charge in [-0.25, -0.2) is 4.79 Å². The van der Waals surface area contributed by atoms with Gasteiger partial charge < -0.3 is 14.8 Å². The summed E-state index contributed by atoms with van der Waals surface area (Å²) in [6, 6.07) is 30.4. The molecule has 0 unspecified atom stereocenters. The van der Waals surface area contributed by atoms with Crippen LogP contribution in [-0.2, 0) is 10.2 Å². The van der Waals surface area contributed by atoms with E-state index in [0.717, 1.165) is 22.4 Å². The molecule has 4 aromatic rings. The molecule has 0 aliphatic heterocycles. The van der Waals surface area contributed by atoms with Gasteiger partial charge >= 0.3 is 5.97 Å². The van der Waals surface area contributed by atoms with E-state index in [-0.39, 0.29) is 17.9 Å². The number of anilines is 1. The summed E-state index contributed by atoms with van der Waals surface area (Å²) in [4.78, 5) is 24.9. The van der Waals surface area contributed by atoms with Crippen LogP contribution in [0.25, 0.3) is 0 Å². The van der Waals surface area contributed by atoms with E-state index in [2.05, 4.69) is 31.3 Å². The minimum absolute atomic E-state index is 0.152. The number of benzene rings is 4. The van der Waals surface area contributed by atoms with Gasteiger partial charge in [0.15, 0.2) is 6.61 Å². The summed E-state index contributed by atoms with van der Waals surface area (Å²) >= 11 is 0. The highest BCUT2D eigenvalue weighted by Gasteiger charge is 2.22. The van der Waals surface area contributed by atoms with E-state index in [1.807, 2.05) is 74.5 Å². The standard InChI is InChI=1S/C32H31NO4/c1-22-10-11-23(2)29(20-22)33-31(35)24-12-16-28(17-13-24)37-30(34)21-36-27-18-14-26(15-19-27)32(3,4)25-8-6-5-7-9-25/h5-20H,21H2,1-4H3,(H,33,35). The summed E-state index contributed by atoms with van der Waals surface area (Å²) in [7, 11) is 0. The number of amides is 1. The number of nitrogens with one attached hydrogen (secondary N) is 1. The molecule has 37 heavy (non-hydrogen) atoms. The molecule has 0 aliphatic carbocycles. The first-order chi connectivity index (χ1) is 17.7. The molecule has 5 heteroatoms. The number of hydrogen-bond acceptors (Lipinski definition) is 4. The van der Waals surface area contributed by atoms with Gasteiger partial charge in [0.1, 0.15) is 11.5 Å². The molecular weight excluding hydrogens is 462 g/mol. The average Bonchev–Trinajstić information content (AvgIpc) is 2.90. The largest absolute Gasteiger partial charge is 0.482 e. The van der Waals surface area contributed by atoms with Crippen molar-refractivity contribution in [3.63, 3.8) is 0 Å². The Hall–Kier alpha value is -4.38. The summed E-state index contributed by atoms with van der Waals surface area (Å²) in [6.07, 6.45) is 0. The van der Waals surface area contributed by atoms with Crippen molar-refractivity contribution in [3.05, 3.63) is 125 Å². The lowest BCUT2D eigenvalue weighted by atomic mass is 9.78. The monoisotopic (exact) mass is 493 g/mol. The minimum atomic E-state index is -0.527. The quantitative estimate of drug-likeness (QED) is 0.215. The number of ether oxygens (including phenoxy) is 2. The maximum atomic E-state index is 12.6. The molecule has 188 valence electrons. The van der Waals surface area contributed by atoms with Crippen molar-refractivity contribution < 1.29 is 19.1 Å². The summed E-state index contributed by atoms with van der Waals surface area (Å²) in [5.74, 6) is 0.176. The normalized spacial score (nSPS) is 11.0. The molecule has 1 N–H and O–H groups in total. The van der Waals surface area contributed by atoms with Crippen LogP contribution >= 0.6 is 0 Å². The van der Waals surface area contributed by atoms with Gasteiger partial charge in [0.05, 0.1) is 0 Å². The molecule has 0 aliphatic rings. The zero-order chi connectivity index (χ0) is 26.4. The summed E-state index contributed by atoms with van der Waals surface area (Å²) in [6.45, 7) is 8.04. The van der Waals surface area contributed by atoms with Gasteiger partial charge in [0.2, 0.25) is 0 Å². The highest BCUT2D eigenvalue weighted by atomic mass is 16.6. The predicted octanol–water partition coefficient (Wildman–Crippen LogP) is 6.87. The predicted molar refractivity (Wildman–Crippen MR) is 146 cm³/mol. The number of esters is 1. The Bertz CT molecular complexity index is 1370. The van der Waals surface area contributed by atoms with Crippen molar-refractivity contribution in [2.24, 2.45) is 0 Å². The van der Waals surface area contributed by atoms with E-state index in [1.54, 1.807) is 24.3 Å². The Morgan fingerprint density at radius 2 is 1.38 bits per heavy atom. The van der Waals surface area contributed by atoms with Crippen molar-refractivity contribution in [2.45, 2.75) is 33.1 Å². The van der Waals surface area contributed by atoms with Gasteiger partial charge in [0, 0.05) is 16.7 Å². The van der Waals surface area contributed by atoms with Crippen LogP contribution in [0.15, 0.2) is 97.1 Å². The van der Waals surface area contributed by atoms with E-state index < -0.39 is 5.97 Å². The van der Waals surface area contributed by atoms with E-state index in [0.29, 0.717) is 17.1 Å². The zero-order valence-corrected chi connectivity index (χ0v) is 21.6. The Balaban J connectivity index is 1.29.